The van der Waals surface area contributed by atoms with Crippen LogP contribution in [-0.4, -0.2) is 34.9 Å². The minimum atomic E-state index is 0.0904. The Morgan fingerprint density at radius 2 is 2.06 bits per heavy atom. The molecule has 162 valence electrons. The maximum absolute atomic E-state index is 9.84. The molecule has 0 atom stereocenters. The molecule has 2 aromatic heterocycles. The summed E-state index contributed by atoms with van der Waals surface area (Å²) in [5.41, 5.74) is 7.52. The lowest BCUT2D eigenvalue weighted by Crippen LogP contribution is -2.09. The summed E-state index contributed by atoms with van der Waals surface area (Å²) < 4.78 is 11.9. The van der Waals surface area contributed by atoms with Crippen molar-refractivity contribution in [2.75, 3.05) is 19.8 Å². The molecule has 1 aliphatic carbocycles. The fourth-order valence-corrected chi connectivity index (χ4v) is 4.84. The zero-order valence-electron chi connectivity index (χ0n) is 18.2. The molecule has 1 aliphatic heterocycles. The summed E-state index contributed by atoms with van der Waals surface area (Å²) in [6.45, 7) is 3.62. The number of fused-ring (bicyclic) bond motifs is 1. The van der Waals surface area contributed by atoms with Gasteiger partial charge in [0.25, 0.3) is 0 Å². The number of aryl methyl sites for hydroxylation is 1. The molecule has 32 heavy (non-hydrogen) atoms. The van der Waals surface area contributed by atoms with Gasteiger partial charge in [-0.3, -0.25) is 4.98 Å². The van der Waals surface area contributed by atoms with Gasteiger partial charge in [0.1, 0.15) is 5.75 Å². The quantitative estimate of drug-likeness (QED) is 0.469. The number of aromatic nitrogens is 2. The third kappa shape index (κ3) is 3.28. The standard InChI is InChI=1S/C27H26N2O3/c1-16-14-22-20(5-7-24(29-22)32-15-17-2-3-17)26(19(16)9-12-30)21-4-6-23-25-18(10-13-31-23)8-11-28-27(21)25/h4-8,11,14,17,30H,2-3,9-10,12-13,15H2,1H3. The van der Waals surface area contributed by atoms with Crippen LogP contribution in [0.25, 0.3) is 32.9 Å². The van der Waals surface area contributed by atoms with Crippen molar-refractivity contribution in [3.05, 3.63) is 59.3 Å². The van der Waals surface area contributed by atoms with Crippen LogP contribution in [0.5, 0.6) is 11.6 Å². The normalized spacial score (nSPS) is 15.2. The van der Waals surface area contributed by atoms with Crippen LogP contribution >= 0.6 is 0 Å². The Labute approximate surface area is 187 Å². The second-order valence-electron chi connectivity index (χ2n) is 8.89. The maximum Gasteiger partial charge on any atom is 0.213 e. The Balaban J connectivity index is 1.59. The summed E-state index contributed by atoms with van der Waals surface area (Å²) in [6, 6.07) is 12.4. The van der Waals surface area contributed by atoms with E-state index in [1.54, 1.807) is 0 Å². The van der Waals surface area contributed by atoms with Crippen LogP contribution in [0.4, 0.5) is 0 Å². The lowest BCUT2D eigenvalue weighted by Gasteiger charge is -2.22. The van der Waals surface area contributed by atoms with Gasteiger partial charge in [-0.2, -0.15) is 0 Å². The Bertz CT molecular complexity index is 1330. The van der Waals surface area contributed by atoms with Crippen LogP contribution in [0.2, 0.25) is 0 Å². The smallest absolute Gasteiger partial charge is 0.213 e. The average Bonchev–Trinajstić information content (AvgIpc) is 3.64. The predicted octanol–water partition coefficient (Wildman–Crippen LogP) is 5.02. The first-order valence-electron chi connectivity index (χ1n) is 11.4. The number of aliphatic hydroxyl groups excluding tert-OH is 1. The molecule has 0 radical (unpaired) electrons. The van der Waals surface area contributed by atoms with E-state index in [-0.39, 0.29) is 6.61 Å². The predicted molar refractivity (Wildman–Crippen MR) is 125 cm³/mol. The van der Waals surface area contributed by atoms with Gasteiger partial charge in [-0.15, -0.1) is 0 Å². The average molecular weight is 427 g/mol. The van der Waals surface area contributed by atoms with Gasteiger partial charge < -0.3 is 14.6 Å². The molecule has 6 rings (SSSR count). The fraction of sp³-hybridized carbons (Fsp3) is 0.333. The van der Waals surface area contributed by atoms with Gasteiger partial charge in [-0.1, -0.05) is 0 Å². The first-order chi connectivity index (χ1) is 15.7. The highest BCUT2D eigenvalue weighted by Gasteiger charge is 2.23. The number of aliphatic hydroxyl groups is 1. The largest absolute Gasteiger partial charge is 0.493 e. The van der Waals surface area contributed by atoms with E-state index >= 15 is 0 Å². The second kappa shape index (κ2) is 7.75. The number of ether oxygens (including phenoxy) is 2. The molecule has 1 fully saturated rings. The minimum absolute atomic E-state index is 0.0904. The summed E-state index contributed by atoms with van der Waals surface area (Å²) in [5.74, 6) is 2.25. The topological polar surface area (TPSA) is 64.5 Å². The van der Waals surface area contributed by atoms with E-state index in [0.29, 0.717) is 24.8 Å². The Hall–Kier alpha value is -3.18. The summed E-state index contributed by atoms with van der Waals surface area (Å²) >= 11 is 0. The number of nitrogens with zero attached hydrogens (tertiary/aromatic N) is 2. The van der Waals surface area contributed by atoms with Crippen LogP contribution < -0.4 is 9.47 Å². The number of pyridine rings is 2. The van der Waals surface area contributed by atoms with Gasteiger partial charge in [-0.05, 0) is 84.7 Å². The maximum atomic E-state index is 9.84. The van der Waals surface area contributed by atoms with E-state index in [9.17, 15) is 5.11 Å². The van der Waals surface area contributed by atoms with E-state index in [4.69, 9.17) is 19.4 Å². The summed E-state index contributed by atoms with van der Waals surface area (Å²) in [4.78, 5) is 9.62. The number of benzene rings is 2. The number of hydrogen-bond donors (Lipinski definition) is 1. The Morgan fingerprint density at radius 1 is 1.16 bits per heavy atom. The molecule has 5 heteroatoms. The second-order valence-corrected chi connectivity index (χ2v) is 8.89. The molecule has 0 unspecified atom stereocenters. The van der Waals surface area contributed by atoms with Gasteiger partial charge in [-0.25, -0.2) is 4.98 Å². The van der Waals surface area contributed by atoms with Crippen molar-refractivity contribution in [1.82, 2.24) is 9.97 Å². The van der Waals surface area contributed by atoms with E-state index in [0.717, 1.165) is 62.8 Å². The lowest BCUT2D eigenvalue weighted by atomic mass is 9.88. The van der Waals surface area contributed by atoms with Crippen LogP contribution in [0.15, 0.2) is 42.6 Å². The highest BCUT2D eigenvalue weighted by Crippen LogP contribution is 2.42. The molecule has 0 amide bonds. The zero-order chi connectivity index (χ0) is 21.7. The molecular weight excluding hydrogens is 400 g/mol. The highest BCUT2D eigenvalue weighted by molar-refractivity contribution is 6.07. The van der Waals surface area contributed by atoms with Crippen molar-refractivity contribution >= 4 is 21.8 Å². The van der Waals surface area contributed by atoms with Crippen molar-refractivity contribution in [2.24, 2.45) is 5.92 Å². The van der Waals surface area contributed by atoms with Crippen LogP contribution in [-0.2, 0) is 12.8 Å². The van der Waals surface area contributed by atoms with Crippen molar-refractivity contribution in [2.45, 2.75) is 32.6 Å². The number of hydrogen-bond acceptors (Lipinski definition) is 5. The Kier molecular flexibility index (Phi) is 4.72. The lowest BCUT2D eigenvalue weighted by molar-refractivity contribution is 0.289. The summed E-state index contributed by atoms with van der Waals surface area (Å²) in [7, 11) is 0. The first kappa shape index (κ1) is 19.5. The van der Waals surface area contributed by atoms with Crippen molar-refractivity contribution in [3.8, 4) is 22.8 Å². The van der Waals surface area contributed by atoms with E-state index in [2.05, 4.69) is 37.3 Å². The molecule has 2 aromatic carbocycles. The highest BCUT2D eigenvalue weighted by atomic mass is 16.5. The molecule has 4 aromatic rings. The van der Waals surface area contributed by atoms with Crippen molar-refractivity contribution in [1.29, 1.82) is 0 Å². The van der Waals surface area contributed by atoms with Crippen LogP contribution in [0, 0.1) is 12.8 Å². The molecule has 3 heterocycles. The van der Waals surface area contributed by atoms with Crippen molar-refractivity contribution in [3.63, 3.8) is 0 Å². The molecule has 0 saturated heterocycles. The molecule has 0 spiro atoms. The van der Waals surface area contributed by atoms with Gasteiger partial charge >= 0.3 is 0 Å². The minimum Gasteiger partial charge on any atom is -0.493 e. The first-order valence-corrected chi connectivity index (χ1v) is 11.4. The van der Waals surface area contributed by atoms with Crippen LogP contribution in [0.1, 0.15) is 29.5 Å². The molecule has 2 aliphatic rings. The zero-order valence-corrected chi connectivity index (χ0v) is 18.2. The van der Waals surface area contributed by atoms with Crippen molar-refractivity contribution < 1.29 is 14.6 Å². The van der Waals surface area contributed by atoms with E-state index in [1.807, 2.05) is 12.3 Å². The molecular formula is C27H26N2O3. The third-order valence-corrected chi connectivity index (χ3v) is 6.66. The molecule has 1 saturated carbocycles. The van der Waals surface area contributed by atoms with Gasteiger partial charge in [0.15, 0.2) is 0 Å². The Morgan fingerprint density at radius 3 is 2.91 bits per heavy atom. The summed E-state index contributed by atoms with van der Waals surface area (Å²) in [5, 5.41) is 12.0. The summed E-state index contributed by atoms with van der Waals surface area (Å²) in [6.07, 6.45) is 5.86. The monoisotopic (exact) mass is 426 g/mol. The van der Waals surface area contributed by atoms with Crippen LogP contribution in [0.3, 0.4) is 0 Å². The van der Waals surface area contributed by atoms with E-state index in [1.165, 1.54) is 18.4 Å². The van der Waals surface area contributed by atoms with E-state index < -0.39 is 0 Å². The van der Waals surface area contributed by atoms with Gasteiger partial charge in [0.05, 0.1) is 24.2 Å². The SMILES string of the molecule is Cc1cc2nc(OCC3CC3)ccc2c(-c2ccc3c4c(ccnc24)CCO3)c1CCO. The molecule has 0 bridgehead atoms. The number of rotatable bonds is 6. The molecule has 5 nitrogen and oxygen atoms in total. The van der Waals surface area contributed by atoms with Gasteiger partial charge in [0.2, 0.25) is 5.88 Å². The fourth-order valence-electron chi connectivity index (χ4n) is 4.84. The van der Waals surface area contributed by atoms with Gasteiger partial charge in [0, 0.05) is 41.6 Å². The molecule has 1 N–H and O–H groups in total. The third-order valence-electron chi connectivity index (χ3n) is 6.66.